The lowest BCUT2D eigenvalue weighted by Crippen LogP contribution is -2.28. The van der Waals surface area contributed by atoms with Crippen molar-refractivity contribution in [3.8, 4) is 33.4 Å². The molecule has 1 heteroatoms. The summed E-state index contributed by atoms with van der Waals surface area (Å²) in [6.45, 7) is 0. The van der Waals surface area contributed by atoms with Gasteiger partial charge in [-0.3, -0.25) is 0 Å². The van der Waals surface area contributed by atoms with Gasteiger partial charge in [0.15, 0.2) is 0 Å². The number of rotatable bonds is 7. The normalized spacial score (nSPS) is 12.6. The van der Waals surface area contributed by atoms with Crippen LogP contribution >= 0.6 is 0 Å². The van der Waals surface area contributed by atoms with E-state index in [1.807, 2.05) is 0 Å². The fraction of sp³-hybridized carbons (Fsp3) is 0.0164. The Balaban J connectivity index is 1.11. The maximum absolute atomic E-state index is 2.48. The number of anilines is 3. The Hall–Kier alpha value is -8.00. The second-order valence-corrected chi connectivity index (χ2v) is 16.4. The topological polar surface area (TPSA) is 3.24 Å². The summed E-state index contributed by atoms with van der Waals surface area (Å²) in [7, 11) is 0. The first-order valence-electron chi connectivity index (χ1n) is 21.5. The highest BCUT2D eigenvalue weighted by Gasteiger charge is 2.46. The molecule has 0 saturated carbocycles. The lowest BCUT2D eigenvalue weighted by Gasteiger charge is -2.35. The standard InChI is InChI=1S/C61H41N/c1-3-22-47(23-4-1)61(48-24-5-2-6-25-48)58-31-13-11-29-56(58)57-38-36-50(41-59(57)61)62(49-35-37-54-46(40-49)34-33-43-18-8-10-27-52(43)54)60-32-14-12-28-55(60)45-21-15-20-44(39-45)53-30-16-19-42-17-7-9-26-51(42)53/h1-41H. The van der Waals surface area contributed by atoms with E-state index >= 15 is 0 Å². The van der Waals surface area contributed by atoms with Gasteiger partial charge < -0.3 is 4.90 Å². The lowest BCUT2D eigenvalue weighted by atomic mass is 9.67. The van der Waals surface area contributed by atoms with Crippen molar-refractivity contribution in [2.45, 2.75) is 5.41 Å². The summed E-state index contributed by atoms with van der Waals surface area (Å²) in [5.74, 6) is 0. The highest BCUT2D eigenvalue weighted by molar-refractivity contribution is 6.09. The fourth-order valence-corrected chi connectivity index (χ4v) is 10.4. The Morgan fingerprint density at radius 1 is 0.274 bits per heavy atom. The van der Waals surface area contributed by atoms with E-state index in [-0.39, 0.29) is 0 Å². The third-order valence-electron chi connectivity index (χ3n) is 13.1. The van der Waals surface area contributed by atoms with Crippen molar-refractivity contribution in [3.63, 3.8) is 0 Å². The van der Waals surface area contributed by atoms with Gasteiger partial charge in [-0.15, -0.1) is 0 Å². The van der Waals surface area contributed by atoms with Gasteiger partial charge in [-0.05, 0) is 119 Å². The summed E-state index contributed by atoms with van der Waals surface area (Å²) in [6.07, 6.45) is 0. The summed E-state index contributed by atoms with van der Waals surface area (Å²) in [6, 6.07) is 91.8. The minimum absolute atomic E-state index is 0.523. The van der Waals surface area contributed by atoms with Gasteiger partial charge in [0.25, 0.3) is 0 Å². The van der Waals surface area contributed by atoms with E-state index in [0.717, 1.165) is 22.6 Å². The smallest absolute Gasteiger partial charge is 0.0714 e. The maximum atomic E-state index is 2.48. The van der Waals surface area contributed by atoms with Crippen LogP contribution in [-0.2, 0) is 5.41 Å². The average Bonchev–Trinajstić information content (AvgIpc) is 3.65. The minimum Gasteiger partial charge on any atom is -0.310 e. The van der Waals surface area contributed by atoms with Crippen molar-refractivity contribution in [1.29, 1.82) is 0 Å². The van der Waals surface area contributed by atoms with Crippen LogP contribution in [0.5, 0.6) is 0 Å². The zero-order valence-corrected chi connectivity index (χ0v) is 34.1. The second-order valence-electron chi connectivity index (χ2n) is 16.4. The summed E-state index contributed by atoms with van der Waals surface area (Å²) in [5, 5.41) is 7.46. The van der Waals surface area contributed by atoms with Crippen molar-refractivity contribution in [1.82, 2.24) is 0 Å². The monoisotopic (exact) mass is 787 g/mol. The Bertz CT molecular complexity index is 3430. The molecule has 0 unspecified atom stereocenters. The number of benzene rings is 11. The van der Waals surface area contributed by atoms with Gasteiger partial charge in [0.1, 0.15) is 0 Å². The molecule has 0 amide bonds. The van der Waals surface area contributed by atoms with E-state index in [0.29, 0.717) is 0 Å². The maximum Gasteiger partial charge on any atom is 0.0714 e. The highest BCUT2D eigenvalue weighted by atomic mass is 15.1. The molecule has 0 bridgehead atoms. The molecule has 0 aliphatic heterocycles. The molecule has 11 aromatic carbocycles. The zero-order valence-electron chi connectivity index (χ0n) is 34.1. The van der Waals surface area contributed by atoms with E-state index < -0.39 is 5.41 Å². The first-order chi connectivity index (χ1) is 30.8. The molecule has 1 aliphatic carbocycles. The molecule has 0 heterocycles. The van der Waals surface area contributed by atoms with Crippen LogP contribution in [0.4, 0.5) is 17.1 Å². The van der Waals surface area contributed by atoms with Crippen molar-refractivity contribution in [2.24, 2.45) is 0 Å². The van der Waals surface area contributed by atoms with Gasteiger partial charge >= 0.3 is 0 Å². The van der Waals surface area contributed by atoms with Crippen molar-refractivity contribution in [3.05, 3.63) is 271 Å². The summed E-state index contributed by atoms with van der Waals surface area (Å²) in [4.78, 5) is 2.48. The average molecular weight is 788 g/mol. The molecule has 0 aromatic heterocycles. The largest absolute Gasteiger partial charge is 0.310 e. The summed E-state index contributed by atoms with van der Waals surface area (Å²) < 4.78 is 0. The third kappa shape index (κ3) is 5.63. The molecule has 0 N–H and O–H groups in total. The number of hydrogen-bond donors (Lipinski definition) is 0. The van der Waals surface area contributed by atoms with Crippen molar-refractivity contribution < 1.29 is 0 Å². The van der Waals surface area contributed by atoms with Crippen molar-refractivity contribution >= 4 is 49.4 Å². The Kier molecular flexibility index (Phi) is 8.47. The molecule has 0 fully saturated rings. The predicted molar refractivity (Wildman–Crippen MR) is 262 cm³/mol. The number of fused-ring (bicyclic) bond motifs is 7. The van der Waals surface area contributed by atoms with Crippen LogP contribution in [0.1, 0.15) is 22.3 Å². The summed E-state index contributed by atoms with van der Waals surface area (Å²) in [5.41, 5.74) is 15.2. The van der Waals surface area contributed by atoms with Crippen molar-refractivity contribution in [2.75, 3.05) is 4.90 Å². The second kappa shape index (κ2) is 14.6. The molecular formula is C61H41N. The molecule has 0 spiro atoms. The SMILES string of the molecule is c1ccc(C2(c3ccccc3)c3ccccc3-c3ccc(N(c4ccc5c(ccc6ccccc65)c4)c4ccccc4-c4cccc(-c5cccc6ccccc56)c4)cc32)cc1. The number of hydrogen-bond acceptors (Lipinski definition) is 1. The molecule has 290 valence electrons. The molecule has 0 radical (unpaired) electrons. The zero-order chi connectivity index (χ0) is 41.0. The van der Waals surface area contributed by atoms with E-state index in [9.17, 15) is 0 Å². The van der Waals surface area contributed by atoms with Gasteiger partial charge in [-0.25, -0.2) is 0 Å². The minimum atomic E-state index is -0.523. The highest BCUT2D eigenvalue weighted by Crippen LogP contribution is 2.57. The lowest BCUT2D eigenvalue weighted by molar-refractivity contribution is 0.768. The molecule has 12 rings (SSSR count). The number of para-hydroxylation sites is 1. The van der Waals surface area contributed by atoms with E-state index in [4.69, 9.17) is 0 Å². The van der Waals surface area contributed by atoms with E-state index in [1.165, 1.54) is 82.4 Å². The molecule has 0 atom stereocenters. The predicted octanol–water partition coefficient (Wildman–Crippen LogP) is 16.3. The van der Waals surface area contributed by atoms with E-state index in [2.05, 4.69) is 254 Å². The third-order valence-corrected chi connectivity index (χ3v) is 13.1. The molecule has 62 heavy (non-hydrogen) atoms. The van der Waals surface area contributed by atoms with Crippen LogP contribution in [-0.4, -0.2) is 0 Å². The van der Waals surface area contributed by atoms with Crippen LogP contribution in [0.25, 0.3) is 65.7 Å². The van der Waals surface area contributed by atoms with Crippen LogP contribution in [0, 0.1) is 0 Å². The summed E-state index contributed by atoms with van der Waals surface area (Å²) >= 11 is 0. The Labute approximate surface area is 362 Å². The fourth-order valence-electron chi connectivity index (χ4n) is 10.4. The Morgan fingerprint density at radius 2 is 0.790 bits per heavy atom. The Morgan fingerprint density at radius 3 is 1.58 bits per heavy atom. The quantitative estimate of drug-likeness (QED) is 0.145. The van der Waals surface area contributed by atoms with Crippen LogP contribution < -0.4 is 4.90 Å². The van der Waals surface area contributed by atoms with Crippen LogP contribution in [0.15, 0.2) is 249 Å². The molecule has 11 aromatic rings. The molecule has 1 aliphatic rings. The van der Waals surface area contributed by atoms with Gasteiger partial charge in [-0.1, -0.05) is 212 Å². The molecule has 0 saturated heterocycles. The van der Waals surface area contributed by atoms with Gasteiger partial charge in [0.2, 0.25) is 0 Å². The van der Waals surface area contributed by atoms with Gasteiger partial charge in [0.05, 0.1) is 11.1 Å². The first-order valence-corrected chi connectivity index (χ1v) is 21.5. The van der Waals surface area contributed by atoms with Crippen LogP contribution in [0.3, 0.4) is 0 Å². The first kappa shape index (κ1) is 35.9. The number of nitrogens with zero attached hydrogens (tertiary/aromatic N) is 1. The van der Waals surface area contributed by atoms with Gasteiger partial charge in [-0.2, -0.15) is 0 Å². The van der Waals surface area contributed by atoms with E-state index in [1.54, 1.807) is 0 Å². The molecule has 1 nitrogen and oxygen atoms in total. The van der Waals surface area contributed by atoms with Gasteiger partial charge in [0, 0.05) is 16.9 Å². The molecular weight excluding hydrogens is 747 g/mol. The van der Waals surface area contributed by atoms with Crippen LogP contribution in [0.2, 0.25) is 0 Å².